The number of fused-ring (bicyclic) bond motifs is 1. The van der Waals surface area contributed by atoms with Crippen molar-refractivity contribution in [2.45, 2.75) is 71.0 Å². The van der Waals surface area contributed by atoms with Crippen LogP contribution in [0.2, 0.25) is 0 Å². The summed E-state index contributed by atoms with van der Waals surface area (Å²) in [5.41, 5.74) is 0. The van der Waals surface area contributed by atoms with Crippen molar-refractivity contribution in [2.24, 2.45) is 5.92 Å². The molecule has 0 amide bonds. The van der Waals surface area contributed by atoms with Gasteiger partial charge in [-0.3, -0.25) is 4.90 Å². The van der Waals surface area contributed by atoms with Gasteiger partial charge in [0.05, 0.1) is 0 Å². The van der Waals surface area contributed by atoms with E-state index in [1.807, 2.05) is 0 Å². The second kappa shape index (κ2) is 5.50. The van der Waals surface area contributed by atoms with E-state index in [9.17, 15) is 0 Å². The standard InChI is InChI=1S/C14H28N2/c1-11(2)15-10-12(3)16-9-8-13-6-4-5-7-14(13)16/h11-15H,4-10H2,1-3H3. The van der Waals surface area contributed by atoms with Crippen molar-refractivity contribution in [3.05, 3.63) is 0 Å². The average molecular weight is 224 g/mol. The summed E-state index contributed by atoms with van der Waals surface area (Å²) in [6.07, 6.45) is 7.34. The van der Waals surface area contributed by atoms with Gasteiger partial charge in [-0.25, -0.2) is 0 Å². The van der Waals surface area contributed by atoms with Crippen molar-refractivity contribution in [1.82, 2.24) is 10.2 Å². The molecule has 2 nitrogen and oxygen atoms in total. The van der Waals surface area contributed by atoms with Crippen LogP contribution in [-0.4, -0.2) is 36.1 Å². The molecule has 0 aromatic heterocycles. The molecule has 1 saturated carbocycles. The highest BCUT2D eigenvalue weighted by Gasteiger charge is 2.37. The topological polar surface area (TPSA) is 15.3 Å². The Morgan fingerprint density at radius 3 is 2.62 bits per heavy atom. The molecule has 94 valence electrons. The van der Waals surface area contributed by atoms with Crippen molar-refractivity contribution in [3.8, 4) is 0 Å². The summed E-state index contributed by atoms with van der Waals surface area (Å²) in [6, 6.07) is 2.25. The Morgan fingerprint density at radius 2 is 1.88 bits per heavy atom. The third-order valence-corrected chi connectivity index (χ3v) is 4.44. The number of hydrogen-bond donors (Lipinski definition) is 1. The summed E-state index contributed by atoms with van der Waals surface area (Å²) >= 11 is 0. The van der Waals surface area contributed by atoms with Crippen LogP contribution in [0, 0.1) is 5.92 Å². The third-order valence-electron chi connectivity index (χ3n) is 4.44. The van der Waals surface area contributed by atoms with Crippen molar-refractivity contribution in [1.29, 1.82) is 0 Å². The van der Waals surface area contributed by atoms with E-state index in [4.69, 9.17) is 0 Å². The predicted molar refractivity (Wildman–Crippen MR) is 69.7 cm³/mol. The molecular weight excluding hydrogens is 196 g/mol. The van der Waals surface area contributed by atoms with Crippen LogP contribution in [0.4, 0.5) is 0 Å². The smallest absolute Gasteiger partial charge is 0.0195 e. The minimum Gasteiger partial charge on any atom is -0.313 e. The molecule has 2 aliphatic rings. The molecule has 0 radical (unpaired) electrons. The molecule has 3 atom stereocenters. The van der Waals surface area contributed by atoms with Crippen LogP contribution in [0.25, 0.3) is 0 Å². The number of hydrogen-bond acceptors (Lipinski definition) is 2. The van der Waals surface area contributed by atoms with Crippen LogP contribution in [0.15, 0.2) is 0 Å². The normalized spacial score (nSPS) is 33.0. The van der Waals surface area contributed by atoms with Gasteiger partial charge in [-0.2, -0.15) is 0 Å². The number of nitrogens with one attached hydrogen (secondary N) is 1. The first-order chi connectivity index (χ1) is 7.68. The van der Waals surface area contributed by atoms with E-state index in [-0.39, 0.29) is 0 Å². The Morgan fingerprint density at radius 1 is 1.12 bits per heavy atom. The van der Waals surface area contributed by atoms with Crippen LogP contribution < -0.4 is 5.32 Å². The van der Waals surface area contributed by atoms with Crippen LogP contribution in [0.5, 0.6) is 0 Å². The number of likely N-dealkylation sites (tertiary alicyclic amines) is 1. The zero-order valence-corrected chi connectivity index (χ0v) is 11.2. The van der Waals surface area contributed by atoms with E-state index in [1.54, 1.807) is 0 Å². The molecule has 3 unspecified atom stereocenters. The molecule has 1 N–H and O–H groups in total. The minimum absolute atomic E-state index is 0.618. The zero-order chi connectivity index (χ0) is 11.5. The predicted octanol–water partition coefficient (Wildman–Crippen LogP) is 2.64. The largest absolute Gasteiger partial charge is 0.313 e. The van der Waals surface area contributed by atoms with Crippen molar-refractivity contribution >= 4 is 0 Å². The second-order valence-corrected chi connectivity index (χ2v) is 6.05. The first-order valence-corrected chi connectivity index (χ1v) is 7.17. The first-order valence-electron chi connectivity index (χ1n) is 7.17. The summed E-state index contributed by atoms with van der Waals surface area (Å²) in [5, 5.41) is 3.58. The molecule has 0 aromatic rings. The summed E-state index contributed by atoms with van der Waals surface area (Å²) in [7, 11) is 0. The van der Waals surface area contributed by atoms with Crippen molar-refractivity contribution in [3.63, 3.8) is 0 Å². The Balaban J connectivity index is 1.84. The van der Waals surface area contributed by atoms with Gasteiger partial charge >= 0.3 is 0 Å². The van der Waals surface area contributed by atoms with E-state index in [0.29, 0.717) is 6.04 Å². The van der Waals surface area contributed by atoms with Crippen LogP contribution in [0.3, 0.4) is 0 Å². The van der Waals surface area contributed by atoms with Crippen LogP contribution in [0.1, 0.15) is 52.9 Å². The Bertz CT molecular complexity index is 215. The molecule has 2 fully saturated rings. The molecule has 1 aliphatic carbocycles. The lowest BCUT2D eigenvalue weighted by Gasteiger charge is -2.36. The molecule has 1 aliphatic heterocycles. The fourth-order valence-corrected chi connectivity index (χ4v) is 3.51. The lowest BCUT2D eigenvalue weighted by molar-refractivity contribution is 0.137. The van der Waals surface area contributed by atoms with Gasteiger partial charge in [-0.1, -0.05) is 26.7 Å². The third kappa shape index (κ3) is 2.78. The van der Waals surface area contributed by atoms with Gasteiger partial charge in [-0.05, 0) is 38.6 Å². The Kier molecular flexibility index (Phi) is 4.26. The average Bonchev–Trinajstić information content (AvgIpc) is 2.69. The van der Waals surface area contributed by atoms with Gasteiger partial charge < -0.3 is 5.32 Å². The monoisotopic (exact) mass is 224 g/mol. The summed E-state index contributed by atoms with van der Waals surface area (Å²) in [5.74, 6) is 1.02. The highest BCUT2D eigenvalue weighted by atomic mass is 15.2. The molecular formula is C14H28N2. The first kappa shape index (κ1) is 12.4. The fourth-order valence-electron chi connectivity index (χ4n) is 3.51. The van der Waals surface area contributed by atoms with Gasteiger partial charge in [0.2, 0.25) is 0 Å². The lowest BCUT2D eigenvalue weighted by Crippen LogP contribution is -2.46. The highest BCUT2D eigenvalue weighted by Crippen LogP contribution is 2.36. The Labute approximate surface area is 101 Å². The molecule has 1 saturated heterocycles. The van der Waals surface area contributed by atoms with Gasteiger partial charge in [0.1, 0.15) is 0 Å². The van der Waals surface area contributed by atoms with Gasteiger partial charge in [0.25, 0.3) is 0 Å². The van der Waals surface area contributed by atoms with E-state index < -0.39 is 0 Å². The maximum atomic E-state index is 3.58. The molecule has 2 rings (SSSR count). The SMILES string of the molecule is CC(C)NCC(C)N1CCC2CCCCC21. The van der Waals surface area contributed by atoms with E-state index in [0.717, 1.165) is 24.5 Å². The van der Waals surface area contributed by atoms with E-state index in [2.05, 4.69) is 31.0 Å². The molecule has 16 heavy (non-hydrogen) atoms. The van der Waals surface area contributed by atoms with E-state index >= 15 is 0 Å². The summed E-state index contributed by atoms with van der Waals surface area (Å²) < 4.78 is 0. The molecule has 0 spiro atoms. The minimum atomic E-state index is 0.618. The van der Waals surface area contributed by atoms with Gasteiger partial charge in [0.15, 0.2) is 0 Å². The number of nitrogens with zero attached hydrogens (tertiary/aromatic N) is 1. The highest BCUT2D eigenvalue weighted by molar-refractivity contribution is 4.92. The fraction of sp³-hybridized carbons (Fsp3) is 1.00. The van der Waals surface area contributed by atoms with Crippen LogP contribution >= 0.6 is 0 Å². The lowest BCUT2D eigenvalue weighted by atomic mass is 9.85. The molecule has 0 aromatic carbocycles. The quantitative estimate of drug-likeness (QED) is 0.790. The number of rotatable bonds is 4. The van der Waals surface area contributed by atoms with Crippen LogP contribution in [-0.2, 0) is 0 Å². The maximum absolute atomic E-state index is 3.58. The molecule has 2 heteroatoms. The Hall–Kier alpha value is -0.0800. The van der Waals surface area contributed by atoms with Crippen molar-refractivity contribution < 1.29 is 0 Å². The summed E-state index contributed by atoms with van der Waals surface area (Å²) in [4.78, 5) is 2.78. The van der Waals surface area contributed by atoms with Gasteiger partial charge in [-0.15, -0.1) is 0 Å². The summed E-state index contributed by atoms with van der Waals surface area (Å²) in [6.45, 7) is 9.36. The van der Waals surface area contributed by atoms with E-state index in [1.165, 1.54) is 38.6 Å². The van der Waals surface area contributed by atoms with Gasteiger partial charge in [0, 0.05) is 24.7 Å². The molecule has 0 bridgehead atoms. The zero-order valence-electron chi connectivity index (χ0n) is 11.2. The van der Waals surface area contributed by atoms with Crippen molar-refractivity contribution in [2.75, 3.05) is 13.1 Å². The second-order valence-electron chi connectivity index (χ2n) is 6.05. The molecule has 1 heterocycles. The maximum Gasteiger partial charge on any atom is 0.0195 e.